The molecule has 28 heavy (non-hydrogen) atoms. The van der Waals surface area contributed by atoms with Crippen molar-refractivity contribution < 1.29 is 4.92 Å². The molecule has 0 spiro atoms. The number of isothiocyanates is 1. The number of aromatic amines is 1. The molecule has 0 aliphatic heterocycles. The van der Waals surface area contributed by atoms with Crippen molar-refractivity contribution in [2.45, 2.75) is 5.92 Å². The van der Waals surface area contributed by atoms with Crippen molar-refractivity contribution >= 4 is 45.3 Å². The third kappa shape index (κ3) is 3.39. The zero-order chi connectivity index (χ0) is 19.5. The van der Waals surface area contributed by atoms with E-state index in [1.807, 2.05) is 66.0 Å². The van der Waals surface area contributed by atoms with Crippen molar-refractivity contribution in [1.29, 1.82) is 0 Å². The van der Waals surface area contributed by atoms with Crippen LogP contribution in [0.1, 0.15) is 16.4 Å². The number of nitrogens with zero attached hydrogens (tertiary/aromatic N) is 2. The Balaban J connectivity index is 2.03. The average Bonchev–Trinajstić information content (AvgIpc) is 3.35. The van der Waals surface area contributed by atoms with Crippen LogP contribution in [-0.4, -0.2) is 21.6 Å². The molecule has 4 aromatic rings. The van der Waals surface area contributed by atoms with Crippen LogP contribution in [-0.2, 0) is 0 Å². The number of benzene rings is 2. The van der Waals surface area contributed by atoms with Gasteiger partial charge in [0, 0.05) is 31.8 Å². The fraction of sp³-hybridized carbons (Fsp3) is 0.0952. The minimum absolute atomic E-state index is 0.187. The molecule has 1 N–H and O–H groups in total. The highest BCUT2D eigenvalue weighted by molar-refractivity contribution is 7.78. The van der Waals surface area contributed by atoms with E-state index in [1.54, 1.807) is 0 Å². The molecule has 1 atom stereocenters. The molecule has 0 aliphatic carbocycles. The van der Waals surface area contributed by atoms with E-state index in [0.29, 0.717) is 5.69 Å². The molecule has 2 aromatic heterocycles. The second-order valence-electron chi connectivity index (χ2n) is 6.26. The first-order valence-corrected chi connectivity index (χ1v) is 9.91. The van der Waals surface area contributed by atoms with Gasteiger partial charge in [-0.2, -0.15) is 4.99 Å². The van der Waals surface area contributed by atoms with Crippen LogP contribution in [0.5, 0.6) is 0 Å². The number of hydrogen-bond donors (Lipinski definition) is 1. The molecule has 0 amide bonds. The molecule has 4 rings (SSSR count). The summed E-state index contributed by atoms with van der Waals surface area (Å²) in [5, 5.41) is 16.9. The van der Waals surface area contributed by atoms with Crippen LogP contribution in [0.25, 0.3) is 22.2 Å². The number of para-hydroxylation sites is 2. The van der Waals surface area contributed by atoms with Gasteiger partial charge in [-0.05, 0) is 35.8 Å². The molecule has 2 aromatic carbocycles. The molecule has 2 heterocycles. The van der Waals surface area contributed by atoms with Crippen LogP contribution in [0.15, 0.2) is 71.0 Å². The van der Waals surface area contributed by atoms with Crippen molar-refractivity contribution in [2.24, 2.45) is 4.99 Å². The van der Waals surface area contributed by atoms with Crippen molar-refractivity contribution in [3.05, 3.63) is 86.6 Å². The number of thiophene rings is 1. The Morgan fingerprint density at radius 3 is 2.68 bits per heavy atom. The highest BCUT2D eigenvalue weighted by Crippen LogP contribution is 2.42. The summed E-state index contributed by atoms with van der Waals surface area (Å²) in [6, 6.07) is 19.3. The summed E-state index contributed by atoms with van der Waals surface area (Å²) in [6.45, 7) is -0.187. The molecule has 0 saturated carbocycles. The predicted molar refractivity (Wildman–Crippen MR) is 116 cm³/mol. The smallest absolute Gasteiger partial charge is 0.215 e. The molecule has 5 nitrogen and oxygen atoms in total. The highest BCUT2D eigenvalue weighted by atomic mass is 32.1. The lowest BCUT2D eigenvalue weighted by atomic mass is 9.91. The van der Waals surface area contributed by atoms with Gasteiger partial charge in [0.25, 0.3) is 0 Å². The molecular formula is C21H15N3O2S2. The monoisotopic (exact) mass is 405 g/mol. The van der Waals surface area contributed by atoms with E-state index in [4.69, 9.17) is 12.2 Å². The summed E-state index contributed by atoms with van der Waals surface area (Å²) in [7, 11) is 0. The van der Waals surface area contributed by atoms with Crippen LogP contribution < -0.4 is 0 Å². The van der Waals surface area contributed by atoms with Gasteiger partial charge in [0.05, 0.1) is 22.5 Å². The number of thiocarbonyl (C=S) groups is 1. The second-order valence-corrected chi connectivity index (χ2v) is 7.42. The van der Waals surface area contributed by atoms with Crippen molar-refractivity contribution in [3.8, 4) is 11.3 Å². The number of nitro groups is 1. The predicted octanol–water partition coefficient (Wildman–Crippen LogP) is 6.04. The lowest BCUT2D eigenvalue weighted by Gasteiger charge is -2.14. The number of nitrogens with one attached hydrogen (secondary N) is 1. The number of rotatable bonds is 6. The molecule has 0 bridgehead atoms. The van der Waals surface area contributed by atoms with Crippen LogP contribution in [0, 0.1) is 10.1 Å². The van der Waals surface area contributed by atoms with E-state index in [-0.39, 0.29) is 17.4 Å². The number of aromatic nitrogens is 1. The Labute approximate surface area is 170 Å². The number of fused-ring (bicyclic) bond motifs is 1. The summed E-state index contributed by atoms with van der Waals surface area (Å²) in [4.78, 5) is 19.9. The van der Waals surface area contributed by atoms with Crippen LogP contribution in [0.4, 0.5) is 5.69 Å². The number of aliphatic imine (C=N–C) groups is 1. The minimum Gasteiger partial charge on any atom is -0.354 e. The maximum atomic E-state index is 11.5. The van der Waals surface area contributed by atoms with Crippen molar-refractivity contribution in [2.75, 3.05) is 6.54 Å². The second kappa shape index (κ2) is 7.86. The average molecular weight is 406 g/mol. The molecule has 0 fully saturated rings. The first-order valence-electron chi connectivity index (χ1n) is 8.62. The molecule has 0 saturated heterocycles. The summed E-state index contributed by atoms with van der Waals surface area (Å²) >= 11 is 6.33. The van der Waals surface area contributed by atoms with E-state index in [1.165, 1.54) is 11.3 Å². The van der Waals surface area contributed by atoms with Gasteiger partial charge in [-0.1, -0.05) is 42.5 Å². The quantitative estimate of drug-likeness (QED) is 0.184. The molecule has 138 valence electrons. The zero-order valence-corrected chi connectivity index (χ0v) is 16.3. The standard InChI is InChI=1S/C21H15N3O2S2/c25-24(26)12-16(19-10-5-11-28-19)20-14-6-1-4-9-18(14)23-21(20)15-7-2-3-8-17(15)22-13-27/h1-11,16,23H,12H2. The fourth-order valence-corrected chi connectivity index (χ4v) is 4.46. The molecular weight excluding hydrogens is 390 g/mol. The Morgan fingerprint density at radius 1 is 1.14 bits per heavy atom. The van der Waals surface area contributed by atoms with Gasteiger partial charge >= 0.3 is 0 Å². The maximum Gasteiger partial charge on any atom is 0.215 e. The number of hydrogen-bond acceptors (Lipinski definition) is 5. The summed E-state index contributed by atoms with van der Waals surface area (Å²) in [5.74, 6) is -0.370. The highest BCUT2D eigenvalue weighted by Gasteiger charge is 2.28. The molecule has 1 unspecified atom stereocenters. The van der Waals surface area contributed by atoms with Gasteiger partial charge in [0.1, 0.15) is 0 Å². The van der Waals surface area contributed by atoms with Gasteiger partial charge < -0.3 is 4.98 Å². The van der Waals surface area contributed by atoms with Crippen LogP contribution in [0.2, 0.25) is 0 Å². The first-order chi connectivity index (χ1) is 13.7. The SMILES string of the molecule is O=[N+]([O-])CC(c1cccs1)c1c(-c2ccccc2N=C=S)[nH]c2ccccc12. The van der Waals surface area contributed by atoms with E-state index in [9.17, 15) is 10.1 Å². The summed E-state index contributed by atoms with van der Waals surface area (Å²) < 4.78 is 0. The van der Waals surface area contributed by atoms with E-state index >= 15 is 0 Å². The van der Waals surface area contributed by atoms with Crippen LogP contribution >= 0.6 is 23.6 Å². The van der Waals surface area contributed by atoms with Gasteiger partial charge in [-0.25, -0.2) is 0 Å². The van der Waals surface area contributed by atoms with E-state index in [0.717, 1.165) is 32.6 Å². The lowest BCUT2D eigenvalue weighted by Crippen LogP contribution is -2.13. The lowest BCUT2D eigenvalue weighted by molar-refractivity contribution is -0.481. The van der Waals surface area contributed by atoms with Gasteiger partial charge in [0.15, 0.2) is 0 Å². The summed E-state index contributed by atoms with van der Waals surface area (Å²) in [6.07, 6.45) is 0. The van der Waals surface area contributed by atoms with Gasteiger partial charge in [0.2, 0.25) is 6.54 Å². The third-order valence-corrected chi connectivity index (χ3v) is 5.73. The normalized spacial score (nSPS) is 11.9. The van der Waals surface area contributed by atoms with E-state index in [2.05, 4.69) is 15.1 Å². The third-order valence-electron chi connectivity index (χ3n) is 4.65. The Hall–Kier alpha value is -3.12. The maximum absolute atomic E-state index is 11.5. The van der Waals surface area contributed by atoms with Gasteiger partial charge in [-0.15, -0.1) is 11.3 Å². The van der Waals surface area contributed by atoms with E-state index < -0.39 is 0 Å². The molecule has 7 heteroatoms. The zero-order valence-electron chi connectivity index (χ0n) is 14.7. The fourth-order valence-electron chi connectivity index (χ4n) is 3.53. The van der Waals surface area contributed by atoms with Crippen LogP contribution in [0.3, 0.4) is 0 Å². The topological polar surface area (TPSA) is 71.3 Å². The Kier molecular flexibility index (Phi) is 5.12. The largest absolute Gasteiger partial charge is 0.354 e. The Bertz CT molecular complexity index is 1190. The molecule has 0 aliphatic rings. The Morgan fingerprint density at radius 2 is 1.93 bits per heavy atom. The number of H-pyrrole nitrogens is 1. The van der Waals surface area contributed by atoms with Gasteiger partial charge in [-0.3, -0.25) is 10.1 Å². The summed E-state index contributed by atoms with van der Waals surface area (Å²) in [5.41, 5.74) is 4.18. The van der Waals surface area contributed by atoms with Crippen molar-refractivity contribution in [1.82, 2.24) is 4.98 Å². The van der Waals surface area contributed by atoms with Crippen molar-refractivity contribution in [3.63, 3.8) is 0 Å². The minimum atomic E-state index is -0.370. The molecule has 0 radical (unpaired) electrons. The first kappa shape index (κ1) is 18.3.